The van der Waals surface area contributed by atoms with Crippen LogP contribution in [-0.4, -0.2) is 23.4 Å². The lowest BCUT2D eigenvalue weighted by atomic mass is 9.98. The van der Waals surface area contributed by atoms with Crippen molar-refractivity contribution in [3.05, 3.63) is 58.6 Å². The summed E-state index contributed by atoms with van der Waals surface area (Å²) in [6.07, 6.45) is 0.836. The maximum Gasteiger partial charge on any atom is 0.323 e. The topological polar surface area (TPSA) is 61.4 Å². The van der Waals surface area contributed by atoms with E-state index < -0.39 is 0 Å². The molecule has 1 heterocycles. The lowest BCUT2D eigenvalue weighted by Gasteiger charge is -2.30. The summed E-state index contributed by atoms with van der Waals surface area (Å²) in [6, 6.07) is 12.5. The Morgan fingerprint density at radius 3 is 2.46 bits per heavy atom. The molecule has 0 aliphatic carbocycles. The first-order valence-corrected chi connectivity index (χ1v) is 9.04. The van der Waals surface area contributed by atoms with E-state index in [4.69, 9.17) is 11.6 Å². The van der Waals surface area contributed by atoms with Crippen molar-refractivity contribution in [2.24, 2.45) is 5.92 Å². The van der Waals surface area contributed by atoms with E-state index in [-0.39, 0.29) is 17.9 Å². The van der Waals surface area contributed by atoms with Gasteiger partial charge >= 0.3 is 6.03 Å². The number of carbonyl (C=O) groups is 2. The highest BCUT2D eigenvalue weighted by molar-refractivity contribution is 6.30. The normalized spacial score (nSPS) is 13.3. The fraction of sp³-hybridized carbons (Fsp3) is 0.300. The average Bonchev–Trinajstić information content (AvgIpc) is 2.60. The van der Waals surface area contributed by atoms with E-state index >= 15 is 0 Å². The van der Waals surface area contributed by atoms with Crippen LogP contribution in [0.4, 0.5) is 16.2 Å². The molecule has 0 spiro atoms. The average molecular weight is 372 g/mol. The number of benzene rings is 2. The van der Waals surface area contributed by atoms with Crippen molar-refractivity contribution in [3.63, 3.8) is 0 Å². The van der Waals surface area contributed by atoms with Gasteiger partial charge in [0.1, 0.15) is 0 Å². The van der Waals surface area contributed by atoms with Crippen LogP contribution in [0.5, 0.6) is 0 Å². The summed E-state index contributed by atoms with van der Waals surface area (Å²) in [5.74, 6) is 0.147. The van der Waals surface area contributed by atoms with E-state index in [1.165, 1.54) is 5.56 Å². The fourth-order valence-electron chi connectivity index (χ4n) is 3.05. The first kappa shape index (κ1) is 18.3. The van der Waals surface area contributed by atoms with Crippen molar-refractivity contribution >= 4 is 34.9 Å². The number of fused-ring (bicyclic) bond motifs is 1. The Bertz CT molecular complexity index is 836. The molecule has 3 rings (SSSR count). The van der Waals surface area contributed by atoms with Crippen LogP contribution in [0.15, 0.2) is 42.5 Å². The van der Waals surface area contributed by atoms with Crippen molar-refractivity contribution < 1.29 is 9.59 Å². The number of carbonyl (C=O) groups excluding carboxylic acids is 2. The maximum atomic E-state index is 12.2. The number of nitrogens with one attached hydrogen (secondary N) is 2. The van der Waals surface area contributed by atoms with Crippen LogP contribution < -0.4 is 10.6 Å². The Balaban J connectivity index is 1.68. The third kappa shape index (κ3) is 4.35. The van der Waals surface area contributed by atoms with Gasteiger partial charge in [0.25, 0.3) is 0 Å². The number of hydrogen-bond donors (Lipinski definition) is 2. The minimum absolute atomic E-state index is 0.0127. The summed E-state index contributed by atoms with van der Waals surface area (Å²) >= 11 is 5.93. The Morgan fingerprint density at radius 1 is 1.04 bits per heavy atom. The molecule has 0 saturated carbocycles. The zero-order chi connectivity index (χ0) is 18.7. The van der Waals surface area contributed by atoms with Crippen LogP contribution in [0.25, 0.3) is 0 Å². The molecule has 5 nitrogen and oxygen atoms in total. The highest BCUT2D eigenvalue weighted by Gasteiger charge is 2.22. The number of anilines is 2. The molecule has 0 aromatic heterocycles. The van der Waals surface area contributed by atoms with E-state index in [2.05, 4.69) is 10.6 Å². The van der Waals surface area contributed by atoms with Crippen LogP contribution >= 0.6 is 11.6 Å². The maximum absolute atomic E-state index is 12.2. The van der Waals surface area contributed by atoms with Gasteiger partial charge in [0.15, 0.2) is 0 Å². The lowest BCUT2D eigenvalue weighted by Crippen LogP contribution is -2.38. The molecule has 0 saturated heterocycles. The predicted molar refractivity (Wildman–Crippen MR) is 104 cm³/mol. The van der Waals surface area contributed by atoms with Gasteiger partial charge in [0, 0.05) is 35.4 Å². The molecule has 0 radical (unpaired) electrons. The van der Waals surface area contributed by atoms with E-state index in [0.29, 0.717) is 22.9 Å². The minimum atomic E-state index is -0.335. The lowest BCUT2D eigenvalue weighted by molar-refractivity contribution is -0.135. The number of nitrogens with zero attached hydrogens (tertiary/aromatic N) is 1. The Hall–Kier alpha value is -2.53. The van der Waals surface area contributed by atoms with Gasteiger partial charge in [-0.3, -0.25) is 4.79 Å². The second-order valence-corrected chi connectivity index (χ2v) is 7.17. The zero-order valence-electron chi connectivity index (χ0n) is 14.9. The van der Waals surface area contributed by atoms with Crippen molar-refractivity contribution in [2.75, 3.05) is 17.2 Å². The largest absolute Gasteiger partial charge is 0.338 e. The number of hydrogen-bond acceptors (Lipinski definition) is 2. The molecule has 3 amide bonds. The summed E-state index contributed by atoms with van der Waals surface area (Å²) in [4.78, 5) is 26.3. The number of rotatable bonds is 3. The van der Waals surface area contributed by atoms with Gasteiger partial charge in [0.05, 0.1) is 0 Å². The molecular weight excluding hydrogens is 350 g/mol. The predicted octanol–water partition coefficient (Wildman–Crippen LogP) is 4.52. The van der Waals surface area contributed by atoms with Gasteiger partial charge < -0.3 is 15.5 Å². The molecule has 1 aliphatic rings. The molecule has 2 N–H and O–H groups in total. The van der Waals surface area contributed by atoms with Crippen molar-refractivity contribution in [3.8, 4) is 0 Å². The zero-order valence-corrected chi connectivity index (χ0v) is 15.6. The van der Waals surface area contributed by atoms with Crippen LogP contribution in [0.3, 0.4) is 0 Å². The standard InChI is InChI=1S/C20H22ClN3O2/c1-13(2)19(25)24-9-8-14-6-7-18(10-15(14)12-24)23-20(26)22-17-5-3-4-16(21)11-17/h3-7,10-11,13H,8-9,12H2,1-2H3,(H2,22,23,26). The Kier molecular flexibility index (Phi) is 5.47. The second-order valence-electron chi connectivity index (χ2n) is 6.74. The van der Waals surface area contributed by atoms with Gasteiger partial charge in [-0.15, -0.1) is 0 Å². The van der Waals surface area contributed by atoms with E-state index in [0.717, 1.165) is 18.5 Å². The summed E-state index contributed by atoms with van der Waals surface area (Å²) in [6.45, 7) is 5.15. The quantitative estimate of drug-likeness (QED) is 0.832. The fourth-order valence-corrected chi connectivity index (χ4v) is 3.24. The van der Waals surface area contributed by atoms with Crippen molar-refractivity contribution in [2.45, 2.75) is 26.8 Å². The molecule has 6 heteroatoms. The second kappa shape index (κ2) is 7.79. The van der Waals surface area contributed by atoms with Gasteiger partial charge in [-0.05, 0) is 47.9 Å². The molecule has 0 bridgehead atoms. The molecule has 1 aliphatic heterocycles. The molecule has 26 heavy (non-hydrogen) atoms. The molecule has 0 atom stereocenters. The summed E-state index contributed by atoms with van der Waals surface area (Å²) in [7, 11) is 0. The first-order valence-electron chi connectivity index (χ1n) is 8.66. The SMILES string of the molecule is CC(C)C(=O)N1CCc2ccc(NC(=O)Nc3cccc(Cl)c3)cc2C1. The molecule has 136 valence electrons. The third-order valence-electron chi connectivity index (χ3n) is 4.36. The molecular formula is C20H22ClN3O2. The van der Waals surface area contributed by atoms with Crippen LogP contribution in [0.2, 0.25) is 5.02 Å². The molecule has 2 aromatic rings. The summed E-state index contributed by atoms with van der Waals surface area (Å²) in [5, 5.41) is 6.15. The van der Waals surface area contributed by atoms with E-state index in [9.17, 15) is 9.59 Å². The van der Waals surface area contributed by atoms with Crippen molar-refractivity contribution in [1.29, 1.82) is 0 Å². The van der Waals surface area contributed by atoms with Crippen LogP contribution in [0, 0.1) is 5.92 Å². The van der Waals surface area contributed by atoms with E-state index in [1.807, 2.05) is 36.9 Å². The minimum Gasteiger partial charge on any atom is -0.338 e. The summed E-state index contributed by atoms with van der Waals surface area (Å²) < 4.78 is 0. The Morgan fingerprint density at radius 2 is 1.77 bits per heavy atom. The van der Waals surface area contributed by atoms with Crippen LogP contribution in [0.1, 0.15) is 25.0 Å². The van der Waals surface area contributed by atoms with Crippen molar-refractivity contribution in [1.82, 2.24) is 4.90 Å². The number of halogens is 1. The molecule has 2 aromatic carbocycles. The van der Waals surface area contributed by atoms with Gasteiger partial charge in [-0.1, -0.05) is 37.6 Å². The highest BCUT2D eigenvalue weighted by Crippen LogP contribution is 2.24. The molecule has 0 fully saturated rings. The third-order valence-corrected chi connectivity index (χ3v) is 4.60. The molecule has 0 unspecified atom stereocenters. The highest BCUT2D eigenvalue weighted by atomic mass is 35.5. The Labute approximate surface area is 158 Å². The van der Waals surface area contributed by atoms with E-state index in [1.54, 1.807) is 24.3 Å². The van der Waals surface area contributed by atoms with Gasteiger partial charge in [-0.2, -0.15) is 0 Å². The monoisotopic (exact) mass is 371 g/mol. The number of amides is 3. The smallest absolute Gasteiger partial charge is 0.323 e. The number of urea groups is 1. The first-order chi connectivity index (χ1) is 12.4. The van der Waals surface area contributed by atoms with Gasteiger partial charge in [-0.25, -0.2) is 4.79 Å². The van der Waals surface area contributed by atoms with Crippen LogP contribution in [-0.2, 0) is 17.8 Å². The van der Waals surface area contributed by atoms with Gasteiger partial charge in [0.2, 0.25) is 5.91 Å². The summed E-state index contributed by atoms with van der Waals surface area (Å²) in [5.41, 5.74) is 3.62.